The predicted octanol–water partition coefficient (Wildman–Crippen LogP) is 3.70. The van der Waals surface area contributed by atoms with Crippen molar-refractivity contribution in [3.8, 4) is 0 Å². The van der Waals surface area contributed by atoms with E-state index in [1.807, 2.05) is 29.2 Å². The van der Waals surface area contributed by atoms with Gasteiger partial charge in [0.25, 0.3) is 5.91 Å². The summed E-state index contributed by atoms with van der Waals surface area (Å²) in [4.78, 5) is 14.2. The Balaban J connectivity index is 2.02. The Kier molecular flexibility index (Phi) is 4.62. The third kappa shape index (κ3) is 3.32. The van der Waals surface area contributed by atoms with Crippen molar-refractivity contribution in [3.63, 3.8) is 0 Å². The number of halogens is 2. The highest BCUT2D eigenvalue weighted by atomic mass is 79.9. The maximum Gasteiger partial charge on any atom is 0.253 e. The molecule has 92 valence electrons. The molecule has 0 aliphatic carbocycles. The number of nitrogens with zero attached hydrogens (tertiary/aromatic N) is 1. The average Bonchev–Trinajstić information content (AvgIpc) is 2.77. The van der Waals surface area contributed by atoms with Crippen LogP contribution in [0, 0.1) is 5.92 Å². The first-order valence-electron chi connectivity index (χ1n) is 5.81. The second-order valence-electron chi connectivity index (χ2n) is 4.39. The molecule has 0 N–H and O–H groups in total. The minimum atomic E-state index is 0.156. The van der Waals surface area contributed by atoms with Crippen molar-refractivity contribution in [2.24, 2.45) is 5.92 Å². The Hall–Kier alpha value is -0.350. The number of carbonyl (C=O) groups is 1. The van der Waals surface area contributed by atoms with E-state index in [-0.39, 0.29) is 5.91 Å². The van der Waals surface area contributed by atoms with E-state index in [2.05, 4.69) is 31.9 Å². The van der Waals surface area contributed by atoms with Gasteiger partial charge < -0.3 is 4.90 Å². The Labute approximate surface area is 119 Å². The lowest BCUT2D eigenvalue weighted by molar-refractivity contribution is 0.0787. The summed E-state index contributed by atoms with van der Waals surface area (Å²) in [5, 5.41) is 1.02. The van der Waals surface area contributed by atoms with Gasteiger partial charge in [-0.15, -0.1) is 0 Å². The number of likely N-dealkylation sites (tertiary alicyclic amines) is 1. The molecule has 1 aliphatic heterocycles. The molecule has 0 bridgehead atoms. The van der Waals surface area contributed by atoms with Gasteiger partial charge in [0.15, 0.2) is 0 Å². The minimum Gasteiger partial charge on any atom is -0.338 e. The lowest BCUT2D eigenvalue weighted by atomic mass is 10.1. The fraction of sp³-hybridized carbons (Fsp3) is 0.462. The van der Waals surface area contributed by atoms with Gasteiger partial charge in [0.05, 0.1) is 0 Å². The molecule has 4 heteroatoms. The summed E-state index contributed by atoms with van der Waals surface area (Å²) in [5.41, 5.74) is 0.777. The third-order valence-electron chi connectivity index (χ3n) is 3.16. The standard InChI is InChI=1S/C13H15Br2NO/c14-6-4-10-5-7-16(9-10)13(17)11-2-1-3-12(15)8-11/h1-3,8,10H,4-7,9H2. The van der Waals surface area contributed by atoms with Crippen LogP contribution in [0.1, 0.15) is 23.2 Å². The van der Waals surface area contributed by atoms with E-state index in [0.717, 1.165) is 41.3 Å². The lowest BCUT2D eigenvalue weighted by Gasteiger charge is -2.16. The number of alkyl halides is 1. The number of amides is 1. The molecule has 1 unspecified atom stereocenters. The number of carbonyl (C=O) groups excluding carboxylic acids is 1. The molecule has 1 aliphatic rings. The topological polar surface area (TPSA) is 20.3 Å². The highest BCUT2D eigenvalue weighted by Crippen LogP contribution is 2.23. The molecule has 1 fully saturated rings. The summed E-state index contributed by atoms with van der Waals surface area (Å²) in [7, 11) is 0. The normalized spacial score (nSPS) is 19.6. The van der Waals surface area contributed by atoms with Crippen molar-refractivity contribution in [1.29, 1.82) is 0 Å². The van der Waals surface area contributed by atoms with Gasteiger partial charge in [-0.25, -0.2) is 0 Å². The Bertz CT molecular complexity index is 408. The SMILES string of the molecule is O=C(c1cccc(Br)c1)N1CCC(CCBr)C1. The second-order valence-corrected chi connectivity index (χ2v) is 6.10. The maximum atomic E-state index is 12.2. The van der Waals surface area contributed by atoms with Crippen LogP contribution in [0.5, 0.6) is 0 Å². The molecule has 1 amide bonds. The zero-order chi connectivity index (χ0) is 12.3. The summed E-state index contributed by atoms with van der Waals surface area (Å²) in [6.45, 7) is 1.79. The first kappa shape index (κ1) is 13.1. The van der Waals surface area contributed by atoms with Crippen LogP contribution >= 0.6 is 31.9 Å². The molecular weight excluding hydrogens is 346 g/mol. The van der Waals surface area contributed by atoms with Crippen LogP contribution in [0.15, 0.2) is 28.7 Å². The summed E-state index contributed by atoms with van der Waals surface area (Å²) in [5.74, 6) is 0.814. The first-order chi connectivity index (χ1) is 8.20. The van der Waals surface area contributed by atoms with Gasteiger partial charge in [0, 0.05) is 28.5 Å². The molecule has 0 saturated carbocycles. The van der Waals surface area contributed by atoms with Gasteiger partial charge in [-0.1, -0.05) is 37.9 Å². The molecule has 0 aromatic heterocycles. The summed E-state index contributed by atoms with van der Waals surface area (Å²) >= 11 is 6.86. The molecule has 1 atom stereocenters. The number of rotatable bonds is 3. The van der Waals surface area contributed by atoms with Crippen LogP contribution in [-0.2, 0) is 0 Å². The Morgan fingerprint density at radius 2 is 2.29 bits per heavy atom. The number of hydrogen-bond donors (Lipinski definition) is 0. The average molecular weight is 361 g/mol. The van der Waals surface area contributed by atoms with Crippen molar-refractivity contribution in [3.05, 3.63) is 34.3 Å². The molecule has 1 aromatic rings. The second kappa shape index (κ2) is 6.01. The monoisotopic (exact) mass is 359 g/mol. The summed E-state index contributed by atoms with van der Waals surface area (Å²) in [6, 6.07) is 7.61. The van der Waals surface area contributed by atoms with Crippen molar-refractivity contribution in [2.75, 3.05) is 18.4 Å². The molecule has 17 heavy (non-hydrogen) atoms. The van der Waals surface area contributed by atoms with Crippen molar-refractivity contribution >= 4 is 37.8 Å². The van der Waals surface area contributed by atoms with Crippen LogP contribution in [-0.4, -0.2) is 29.2 Å². The number of benzene rings is 1. The lowest BCUT2D eigenvalue weighted by Crippen LogP contribution is -2.28. The van der Waals surface area contributed by atoms with Gasteiger partial charge in [-0.3, -0.25) is 4.79 Å². The molecular formula is C13H15Br2NO. The molecule has 1 heterocycles. The largest absolute Gasteiger partial charge is 0.338 e. The summed E-state index contributed by atoms with van der Waals surface area (Å²) < 4.78 is 0.958. The Morgan fingerprint density at radius 1 is 1.47 bits per heavy atom. The molecule has 2 nitrogen and oxygen atoms in total. The maximum absolute atomic E-state index is 12.2. The van der Waals surface area contributed by atoms with Gasteiger partial charge in [0.2, 0.25) is 0 Å². The van der Waals surface area contributed by atoms with Gasteiger partial charge >= 0.3 is 0 Å². The van der Waals surface area contributed by atoms with E-state index in [1.165, 1.54) is 0 Å². The molecule has 0 radical (unpaired) electrons. The van der Waals surface area contributed by atoms with Crippen molar-refractivity contribution in [2.45, 2.75) is 12.8 Å². The highest BCUT2D eigenvalue weighted by Gasteiger charge is 2.26. The van der Waals surface area contributed by atoms with E-state index in [0.29, 0.717) is 5.92 Å². The van der Waals surface area contributed by atoms with Crippen LogP contribution in [0.3, 0.4) is 0 Å². The molecule has 1 saturated heterocycles. The minimum absolute atomic E-state index is 0.156. The zero-order valence-electron chi connectivity index (χ0n) is 9.53. The quantitative estimate of drug-likeness (QED) is 0.752. The third-order valence-corrected chi connectivity index (χ3v) is 4.11. The highest BCUT2D eigenvalue weighted by molar-refractivity contribution is 9.10. The first-order valence-corrected chi connectivity index (χ1v) is 7.73. The smallest absolute Gasteiger partial charge is 0.253 e. The van der Waals surface area contributed by atoms with E-state index < -0.39 is 0 Å². The van der Waals surface area contributed by atoms with Gasteiger partial charge in [0.1, 0.15) is 0 Å². The molecule has 0 spiro atoms. The van der Waals surface area contributed by atoms with Crippen molar-refractivity contribution in [1.82, 2.24) is 4.90 Å². The van der Waals surface area contributed by atoms with E-state index >= 15 is 0 Å². The number of hydrogen-bond acceptors (Lipinski definition) is 1. The van der Waals surface area contributed by atoms with Gasteiger partial charge in [-0.2, -0.15) is 0 Å². The van der Waals surface area contributed by atoms with E-state index in [9.17, 15) is 4.79 Å². The fourth-order valence-corrected chi connectivity index (χ4v) is 3.26. The Morgan fingerprint density at radius 3 is 3.00 bits per heavy atom. The van der Waals surface area contributed by atoms with Crippen molar-refractivity contribution < 1.29 is 4.79 Å². The molecule has 1 aromatic carbocycles. The summed E-state index contributed by atoms with van der Waals surface area (Å²) in [6.07, 6.45) is 2.29. The van der Waals surface area contributed by atoms with Crippen LogP contribution in [0.25, 0.3) is 0 Å². The van der Waals surface area contributed by atoms with Crippen LogP contribution in [0.4, 0.5) is 0 Å². The van der Waals surface area contributed by atoms with Crippen LogP contribution < -0.4 is 0 Å². The fourth-order valence-electron chi connectivity index (χ4n) is 2.21. The predicted molar refractivity (Wildman–Crippen MR) is 76.6 cm³/mol. The van der Waals surface area contributed by atoms with Gasteiger partial charge in [-0.05, 0) is 37.0 Å². The van der Waals surface area contributed by atoms with E-state index in [1.54, 1.807) is 0 Å². The zero-order valence-corrected chi connectivity index (χ0v) is 12.7. The van der Waals surface area contributed by atoms with E-state index in [4.69, 9.17) is 0 Å². The van der Waals surface area contributed by atoms with Crippen LogP contribution in [0.2, 0.25) is 0 Å². The molecule has 2 rings (SSSR count).